The van der Waals surface area contributed by atoms with Gasteiger partial charge in [-0.3, -0.25) is 4.79 Å². The maximum absolute atomic E-state index is 13.1. The van der Waals surface area contributed by atoms with Crippen molar-refractivity contribution in [3.8, 4) is 17.3 Å². The zero-order chi connectivity index (χ0) is 23.4. The predicted octanol–water partition coefficient (Wildman–Crippen LogP) is 4.18. The van der Waals surface area contributed by atoms with Gasteiger partial charge in [-0.1, -0.05) is 0 Å². The van der Waals surface area contributed by atoms with Gasteiger partial charge >= 0.3 is 0 Å². The molecule has 2 aromatic carbocycles. The Morgan fingerprint density at radius 2 is 1.97 bits per heavy atom. The van der Waals surface area contributed by atoms with Gasteiger partial charge in [0.15, 0.2) is 5.82 Å². The highest BCUT2D eigenvalue weighted by Gasteiger charge is 2.26. The van der Waals surface area contributed by atoms with Gasteiger partial charge in [0.25, 0.3) is 5.91 Å². The number of carbonyl (C=O) groups excluding carboxylic acids is 1. The Kier molecular flexibility index (Phi) is 5.10. The fourth-order valence-electron chi connectivity index (χ4n) is 5.24. The van der Waals surface area contributed by atoms with E-state index < -0.39 is 0 Å². The van der Waals surface area contributed by atoms with Crippen LogP contribution in [0.25, 0.3) is 33.5 Å². The third-order valence-electron chi connectivity index (χ3n) is 7.35. The number of hydrogen-bond acceptors (Lipinski definition) is 4. The molecule has 6 rings (SSSR count). The zero-order valence-corrected chi connectivity index (χ0v) is 19.8. The standard InChI is InChI=1S/C27H31N5O2/c1-30-23-10-8-19(27(33)31-11-3-4-20(28)16-31)12-22(23)29-26(30)25-13-18-7-9-21(34-2)14-24(18)32(25)15-17-5-6-17/h7-10,12-14,17,20H,3-6,11,15-16,28H2,1-2H3/t20-/m1/s1. The van der Waals surface area contributed by atoms with Crippen molar-refractivity contribution < 1.29 is 9.53 Å². The van der Waals surface area contributed by atoms with Crippen molar-refractivity contribution in [3.05, 3.63) is 48.0 Å². The summed E-state index contributed by atoms with van der Waals surface area (Å²) in [5, 5.41) is 1.18. The van der Waals surface area contributed by atoms with Crippen molar-refractivity contribution in [1.29, 1.82) is 0 Å². The van der Waals surface area contributed by atoms with E-state index in [4.69, 9.17) is 15.5 Å². The van der Waals surface area contributed by atoms with Crippen molar-refractivity contribution in [1.82, 2.24) is 19.0 Å². The number of nitrogens with zero attached hydrogens (tertiary/aromatic N) is 4. The number of benzene rings is 2. The van der Waals surface area contributed by atoms with Gasteiger partial charge in [0.1, 0.15) is 5.75 Å². The molecule has 4 aromatic rings. The molecule has 0 unspecified atom stereocenters. The Hall–Kier alpha value is -3.32. The molecule has 2 N–H and O–H groups in total. The summed E-state index contributed by atoms with van der Waals surface area (Å²) >= 11 is 0. The second-order valence-electron chi connectivity index (χ2n) is 9.86. The molecule has 34 heavy (non-hydrogen) atoms. The summed E-state index contributed by atoms with van der Waals surface area (Å²) in [5.74, 6) is 2.53. The number of amides is 1. The topological polar surface area (TPSA) is 78.3 Å². The molecule has 3 heterocycles. The molecule has 0 bridgehead atoms. The maximum Gasteiger partial charge on any atom is 0.253 e. The second kappa shape index (κ2) is 8.17. The van der Waals surface area contributed by atoms with Gasteiger partial charge in [0.2, 0.25) is 0 Å². The fraction of sp³-hybridized carbons (Fsp3) is 0.407. The van der Waals surface area contributed by atoms with E-state index in [0.29, 0.717) is 12.1 Å². The van der Waals surface area contributed by atoms with Crippen LogP contribution in [0.1, 0.15) is 36.0 Å². The summed E-state index contributed by atoms with van der Waals surface area (Å²) in [6, 6.07) is 14.4. The molecule has 7 nitrogen and oxygen atoms in total. The summed E-state index contributed by atoms with van der Waals surface area (Å²) in [6.07, 6.45) is 4.49. The van der Waals surface area contributed by atoms with Crippen LogP contribution in [0, 0.1) is 5.92 Å². The molecule has 7 heteroatoms. The van der Waals surface area contributed by atoms with Gasteiger partial charge in [-0.15, -0.1) is 0 Å². The molecule has 1 aliphatic carbocycles. The molecule has 1 aliphatic heterocycles. The van der Waals surface area contributed by atoms with Crippen molar-refractivity contribution >= 4 is 27.8 Å². The first-order valence-corrected chi connectivity index (χ1v) is 12.2. The zero-order valence-electron chi connectivity index (χ0n) is 19.8. The maximum atomic E-state index is 13.1. The van der Waals surface area contributed by atoms with E-state index in [9.17, 15) is 4.79 Å². The molecular formula is C27H31N5O2. The average molecular weight is 458 g/mol. The van der Waals surface area contributed by atoms with E-state index in [1.165, 1.54) is 23.7 Å². The minimum Gasteiger partial charge on any atom is -0.497 e. The monoisotopic (exact) mass is 457 g/mol. The quantitative estimate of drug-likeness (QED) is 0.488. The number of hydrogen-bond donors (Lipinski definition) is 1. The van der Waals surface area contributed by atoms with E-state index in [1.807, 2.05) is 29.2 Å². The van der Waals surface area contributed by atoms with E-state index in [2.05, 4.69) is 34.4 Å². The minimum atomic E-state index is 0.0409. The Labute approximate surface area is 199 Å². The lowest BCUT2D eigenvalue weighted by atomic mass is 10.1. The highest BCUT2D eigenvalue weighted by molar-refractivity contribution is 5.98. The summed E-state index contributed by atoms with van der Waals surface area (Å²) in [4.78, 5) is 20.0. The van der Waals surface area contributed by atoms with E-state index in [0.717, 1.165) is 60.2 Å². The van der Waals surface area contributed by atoms with Crippen molar-refractivity contribution in [2.75, 3.05) is 20.2 Å². The summed E-state index contributed by atoms with van der Waals surface area (Å²) in [6.45, 7) is 2.37. The second-order valence-corrected chi connectivity index (χ2v) is 9.86. The highest BCUT2D eigenvalue weighted by Crippen LogP contribution is 2.37. The molecule has 176 valence electrons. The molecule has 1 atom stereocenters. The Bertz CT molecular complexity index is 1400. The number of aromatic nitrogens is 3. The number of likely N-dealkylation sites (tertiary alicyclic amines) is 1. The number of nitrogens with two attached hydrogens (primary N) is 1. The molecule has 1 saturated carbocycles. The Morgan fingerprint density at radius 1 is 1.12 bits per heavy atom. The SMILES string of the molecule is COc1ccc2cc(-c3nc4cc(C(=O)N5CCC[C@@H](N)C5)ccc4n3C)n(CC3CC3)c2c1. The highest BCUT2D eigenvalue weighted by atomic mass is 16.5. The number of aryl methyl sites for hydroxylation is 1. The average Bonchev–Trinajstić information content (AvgIpc) is 3.53. The van der Waals surface area contributed by atoms with Gasteiger partial charge < -0.3 is 24.5 Å². The Balaban J connectivity index is 1.42. The van der Waals surface area contributed by atoms with Gasteiger partial charge in [-0.2, -0.15) is 0 Å². The normalized spacial score (nSPS) is 18.7. The third kappa shape index (κ3) is 3.64. The molecule has 2 aliphatic rings. The molecule has 0 radical (unpaired) electrons. The number of piperidine rings is 1. The van der Waals surface area contributed by atoms with E-state index in [1.54, 1.807) is 7.11 Å². The first-order valence-electron chi connectivity index (χ1n) is 12.2. The number of methoxy groups -OCH3 is 1. The van der Waals surface area contributed by atoms with Gasteiger partial charge in [-0.25, -0.2) is 4.98 Å². The summed E-state index contributed by atoms with van der Waals surface area (Å²) in [7, 11) is 3.76. The van der Waals surface area contributed by atoms with Crippen LogP contribution in [-0.4, -0.2) is 51.2 Å². The van der Waals surface area contributed by atoms with Crippen LogP contribution in [0.5, 0.6) is 5.75 Å². The molecular weight excluding hydrogens is 426 g/mol. The van der Waals surface area contributed by atoms with Crippen LogP contribution in [0.15, 0.2) is 42.5 Å². The molecule has 2 aromatic heterocycles. The summed E-state index contributed by atoms with van der Waals surface area (Å²) in [5.41, 5.74) is 10.9. The summed E-state index contributed by atoms with van der Waals surface area (Å²) < 4.78 is 10.0. The third-order valence-corrected chi connectivity index (χ3v) is 7.35. The number of fused-ring (bicyclic) bond motifs is 2. The van der Waals surface area contributed by atoms with Crippen molar-refractivity contribution in [3.63, 3.8) is 0 Å². The fourth-order valence-corrected chi connectivity index (χ4v) is 5.24. The lowest BCUT2D eigenvalue weighted by Crippen LogP contribution is -2.45. The first kappa shape index (κ1) is 21.2. The molecule has 2 fully saturated rings. The number of imidazole rings is 1. The largest absolute Gasteiger partial charge is 0.497 e. The van der Waals surface area contributed by atoms with E-state index >= 15 is 0 Å². The van der Waals surface area contributed by atoms with Crippen LogP contribution >= 0.6 is 0 Å². The van der Waals surface area contributed by atoms with Crippen LogP contribution in [0.4, 0.5) is 0 Å². The van der Waals surface area contributed by atoms with Gasteiger partial charge in [-0.05, 0) is 68.0 Å². The smallest absolute Gasteiger partial charge is 0.253 e. The number of carbonyl (C=O) groups is 1. The molecule has 1 saturated heterocycles. The van der Waals surface area contributed by atoms with Crippen LogP contribution in [0.3, 0.4) is 0 Å². The lowest BCUT2D eigenvalue weighted by Gasteiger charge is -2.30. The number of rotatable bonds is 5. The molecule has 1 amide bonds. The minimum absolute atomic E-state index is 0.0409. The number of ether oxygens (including phenoxy) is 1. The van der Waals surface area contributed by atoms with Crippen molar-refractivity contribution in [2.45, 2.75) is 38.3 Å². The lowest BCUT2D eigenvalue weighted by molar-refractivity contribution is 0.0709. The van der Waals surface area contributed by atoms with Crippen LogP contribution in [-0.2, 0) is 13.6 Å². The molecule has 0 spiro atoms. The van der Waals surface area contributed by atoms with Gasteiger partial charge in [0, 0.05) is 49.7 Å². The first-order chi connectivity index (χ1) is 16.5. The van der Waals surface area contributed by atoms with Gasteiger partial charge in [0.05, 0.1) is 29.4 Å². The van der Waals surface area contributed by atoms with Crippen LogP contribution in [0.2, 0.25) is 0 Å². The van der Waals surface area contributed by atoms with Crippen molar-refractivity contribution in [2.24, 2.45) is 18.7 Å². The van der Waals surface area contributed by atoms with E-state index in [-0.39, 0.29) is 11.9 Å². The Morgan fingerprint density at radius 3 is 2.74 bits per heavy atom. The van der Waals surface area contributed by atoms with Crippen LogP contribution < -0.4 is 10.5 Å². The predicted molar refractivity (Wildman–Crippen MR) is 134 cm³/mol.